The molecule has 1 aromatic heterocycles. The second-order valence-corrected chi connectivity index (χ2v) is 5.86. The molecule has 2 N–H and O–H groups in total. The number of hydrogen-bond donors (Lipinski definition) is 1. The van der Waals surface area contributed by atoms with Crippen LogP contribution in [-0.4, -0.2) is 15.4 Å². The van der Waals surface area contributed by atoms with Crippen molar-refractivity contribution in [2.45, 2.75) is 35.0 Å². The third-order valence-electron chi connectivity index (χ3n) is 2.52. The first-order valence-corrected chi connectivity index (χ1v) is 7.16. The van der Waals surface area contributed by atoms with Crippen molar-refractivity contribution in [2.75, 3.05) is 0 Å². The average molecular weight is 265 g/mol. The van der Waals surface area contributed by atoms with Crippen LogP contribution in [0.3, 0.4) is 0 Å². The Labute approximate surface area is 110 Å². The molecule has 1 aromatic carbocycles. The molecule has 0 spiro atoms. The summed E-state index contributed by atoms with van der Waals surface area (Å²) < 4.78 is 4.98. The maximum absolute atomic E-state index is 6.01. The second-order valence-electron chi connectivity index (χ2n) is 3.79. The van der Waals surface area contributed by atoms with Crippen LogP contribution in [0.2, 0.25) is 0 Å². The van der Waals surface area contributed by atoms with E-state index < -0.39 is 0 Å². The molecule has 2 rings (SSSR count). The summed E-state index contributed by atoms with van der Waals surface area (Å²) in [5.74, 6) is 0. The van der Waals surface area contributed by atoms with E-state index in [1.165, 1.54) is 22.0 Å². The highest BCUT2D eigenvalue weighted by Crippen LogP contribution is 2.31. The summed E-state index contributed by atoms with van der Waals surface area (Å²) >= 11 is 3.08. The van der Waals surface area contributed by atoms with E-state index in [1.807, 2.05) is 6.07 Å². The molecule has 90 valence electrons. The zero-order valence-electron chi connectivity index (χ0n) is 9.67. The second kappa shape index (κ2) is 6.14. The first kappa shape index (κ1) is 12.5. The van der Waals surface area contributed by atoms with Crippen molar-refractivity contribution >= 4 is 23.3 Å². The van der Waals surface area contributed by atoms with Gasteiger partial charge in [-0.25, -0.2) is 4.98 Å². The molecule has 0 saturated carbocycles. The molecule has 0 aliphatic carbocycles. The molecule has 1 unspecified atom stereocenters. The van der Waals surface area contributed by atoms with Crippen molar-refractivity contribution in [3.8, 4) is 0 Å². The Hall–Kier alpha value is -0.910. The largest absolute Gasteiger partial charge is 0.327 e. The van der Waals surface area contributed by atoms with Gasteiger partial charge in [0.2, 0.25) is 0 Å². The number of nitrogens with two attached hydrogens (primary N) is 1. The van der Waals surface area contributed by atoms with E-state index in [9.17, 15) is 0 Å². The molecule has 1 atom stereocenters. The third kappa shape index (κ3) is 3.52. The number of aromatic nitrogens is 2. The van der Waals surface area contributed by atoms with Gasteiger partial charge in [0.15, 0.2) is 4.34 Å². The van der Waals surface area contributed by atoms with Gasteiger partial charge in [0.05, 0.1) is 0 Å². The SMILES string of the molecule is CCC(N)Cc1ccccc1Sc1ncns1. The van der Waals surface area contributed by atoms with Crippen LogP contribution in [0.5, 0.6) is 0 Å². The molecular weight excluding hydrogens is 250 g/mol. The van der Waals surface area contributed by atoms with Crippen molar-refractivity contribution in [1.29, 1.82) is 0 Å². The smallest absolute Gasteiger partial charge is 0.174 e. The van der Waals surface area contributed by atoms with E-state index >= 15 is 0 Å². The Bertz CT molecular complexity index is 457. The minimum absolute atomic E-state index is 0.228. The average Bonchev–Trinajstić information content (AvgIpc) is 2.84. The standard InChI is InChI=1S/C12H15N3S2/c1-2-10(13)7-9-5-3-4-6-11(9)16-12-14-8-15-17-12/h3-6,8,10H,2,7,13H2,1H3. The summed E-state index contributed by atoms with van der Waals surface area (Å²) in [5, 5.41) is 0. The normalized spacial score (nSPS) is 12.6. The molecule has 0 saturated heterocycles. The van der Waals surface area contributed by atoms with Gasteiger partial charge in [-0.3, -0.25) is 0 Å². The molecule has 17 heavy (non-hydrogen) atoms. The quantitative estimate of drug-likeness (QED) is 0.903. The summed E-state index contributed by atoms with van der Waals surface area (Å²) in [6.07, 6.45) is 3.50. The van der Waals surface area contributed by atoms with Crippen LogP contribution in [0, 0.1) is 0 Å². The number of rotatable bonds is 5. The van der Waals surface area contributed by atoms with Gasteiger partial charge >= 0.3 is 0 Å². The number of benzene rings is 1. The fraction of sp³-hybridized carbons (Fsp3) is 0.333. The van der Waals surface area contributed by atoms with Gasteiger partial charge in [-0.15, -0.1) is 0 Å². The highest BCUT2D eigenvalue weighted by Gasteiger charge is 2.08. The van der Waals surface area contributed by atoms with Gasteiger partial charge in [0.1, 0.15) is 6.33 Å². The lowest BCUT2D eigenvalue weighted by molar-refractivity contribution is 0.641. The Morgan fingerprint density at radius 1 is 1.41 bits per heavy atom. The zero-order chi connectivity index (χ0) is 12.1. The molecule has 0 radical (unpaired) electrons. The fourth-order valence-electron chi connectivity index (χ4n) is 1.50. The van der Waals surface area contributed by atoms with Crippen molar-refractivity contribution in [3.05, 3.63) is 36.2 Å². The summed E-state index contributed by atoms with van der Waals surface area (Å²) in [6.45, 7) is 2.12. The van der Waals surface area contributed by atoms with Crippen LogP contribution >= 0.6 is 23.3 Å². The van der Waals surface area contributed by atoms with Gasteiger partial charge in [0.25, 0.3) is 0 Å². The highest BCUT2D eigenvalue weighted by molar-refractivity contribution is 8.01. The number of hydrogen-bond acceptors (Lipinski definition) is 5. The topological polar surface area (TPSA) is 51.8 Å². The molecule has 5 heteroatoms. The van der Waals surface area contributed by atoms with Gasteiger partial charge in [-0.2, -0.15) is 4.37 Å². The maximum atomic E-state index is 6.01. The predicted molar refractivity (Wildman–Crippen MR) is 72.4 cm³/mol. The summed E-state index contributed by atoms with van der Waals surface area (Å²) in [4.78, 5) is 5.42. The van der Waals surface area contributed by atoms with Crippen LogP contribution in [0.1, 0.15) is 18.9 Å². The Morgan fingerprint density at radius 3 is 2.94 bits per heavy atom. The monoisotopic (exact) mass is 265 g/mol. The minimum atomic E-state index is 0.228. The molecular formula is C12H15N3S2. The molecule has 0 bridgehead atoms. The maximum Gasteiger partial charge on any atom is 0.174 e. The van der Waals surface area contributed by atoms with Crippen molar-refractivity contribution in [1.82, 2.24) is 9.36 Å². The summed E-state index contributed by atoms with van der Waals surface area (Å²) in [5.41, 5.74) is 7.31. The minimum Gasteiger partial charge on any atom is -0.327 e. The van der Waals surface area contributed by atoms with E-state index in [0.29, 0.717) is 0 Å². The van der Waals surface area contributed by atoms with Crippen LogP contribution < -0.4 is 5.73 Å². The Morgan fingerprint density at radius 2 is 2.24 bits per heavy atom. The fourth-order valence-corrected chi connectivity index (χ4v) is 3.04. The molecule has 3 nitrogen and oxygen atoms in total. The van der Waals surface area contributed by atoms with Gasteiger partial charge in [0, 0.05) is 10.9 Å². The Kier molecular flexibility index (Phi) is 4.53. The van der Waals surface area contributed by atoms with Crippen LogP contribution in [0.4, 0.5) is 0 Å². The summed E-state index contributed by atoms with van der Waals surface area (Å²) in [7, 11) is 0. The van der Waals surface area contributed by atoms with Gasteiger partial charge in [-0.05, 0) is 36.0 Å². The van der Waals surface area contributed by atoms with Crippen molar-refractivity contribution < 1.29 is 0 Å². The first-order valence-electron chi connectivity index (χ1n) is 5.57. The van der Waals surface area contributed by atoms with Crippen LogP contribution in [-0.2, 0) is 6.42 Å². The van der Waals surface area contributed by atoms with E-state index in [1.54, 1.807) is 18.1 Å². The third-order valence-corrected chi connectivity index (χ3v) is 4.35. The van der Waals surface area contributed by atoms with Gasteiger partial charge < -0.3 is 5.73 Å². The first-order chi connectivity index (χ1) is 8.29. The van der Waals surface area contributed by atoms with Gasteiger partial charge in [-0.1, -0.05) is 36.9 Å². The van der Waals surface area contributed by atoms with Crippen LogP contribution in [0.25, 0.3) is 0 Å². The summed E-state index contributed by atoms with van der Waals surface area (Å²) in [6, 6.07) is 8.58. The van der Waals surface area contributed by atoms with Crippen LogP contribution in [0.15, 0.2) is 39.8 Å². The lowest BCUT2D eigenvalue weighted by Gasteiger charge is -2.11. The molecule has 0 fully saturated rings. The zero-order valence-corrected chi connectivity index (χ0v) is 11.3. The van der Waals surface area contributed by atoms with E-state index in [0.717, 1.165) is 17.2 Å². The number of nitrogens with zero attached hydrogens (tertiary/aromatic N) is 2. The van der Waals surface area contributed by atoms with E-state index in [-0.39, 0.29) is 6.04 Å². The lowest BCUT2D eigenvalue weighted by atomic mass is 10.1. The van der Waals surface area contributed by atoms with Crippen molar-refractivity contribution in [2.24, 2.45) is 5.73 Å². The Balaban J connectivity index is 2.15. The lowest BCUT2D eigenvalue weighted by Crippen LogP contribution is -2.21. The predicted octanol–water partition coefficient (Wildman–Crippen LogP) is 2.97. The molecule has 0 aliphatic heterocycles. The molecule has 2 aromatic rings. The van der Waals surface area contributed by atoms with Crippen molar-refractivity contribution in [3.63, 3.8) is 0 Å². The van der Waals surface area contributed by atoms with E-state index in [4.69, 9.17) is 5.73 Å². The van der Waals surface area contributed by atoms with E-state index in [2.05, 4.69) is 34.5 Å². The molecule has 0 amide bonds. The molecule has 1 heterocycles. The molecule has 0 aliphatic rings. The highest BCUT2D eigenvalue weighted by atomic mass is 32.2.